The zero-order chi connectivity index (χ0) is 9.68. The molecule has 1 aromatic heterocycles. The summed E-state index contributed by atoms with van der Waals surface area (Å²) in [5.41, 5.74) is 2.22. The minimum absolute atomic E-state index is 0.437. The molecule has 66 valence electrons. The van der Waals surface area contributed by atoms with Gasteiger partial charge in [0.1, 0.15) is 11.8 Å². The van der Waals surface area contributed by atoms with Gasteiger partial charge in [-0.15, -0.1) is 0 Å². The third-order valence-corrected chi connectivity index (χ3v) is 1.62. The molecule has 0 aliphatic rings. The summed E-state index contributed by atoms with van der Waals surface area (Å²) in [6.07, 6.45) is 3.39. The minimum atomic E-state index is 0.437. The Morgan fingerprint density at radius 2 is 2.31 bits per heavy atom. The number of hydrogen-bond donors (Lipinski definition) is 0. The van der Waals surface area contributed by atoms with Crippen molar-refractivity contribution in [3.8, 4) is 6.07 Å². The van der Waals surface area contributed by atoms with Crippen LogP contribution in [0.4, 0.5) is 0 Å². The van der Waals surface area contributed by atoms with Gasteiger partial charge >= 0.3 is 0 Å². The second-order valence-electron chi connectivity index (χ2n) is 2.52. The highest BCUT2D eigenvalue weighted by Gasteiger charge is 1.97. The first-order valence-corrected chi connectivity index (χ1v) is 3.85. The second-order valence-corrected chi connectivity index (χ2v) is 2.52. The van der Waals surface area contributed by atoms with E-state index < -0.39 is 0 Å². The number of aromatic nitrogens is 1. The monoisotopic (exact) mass is 174 g/mol. The van der Waals surface area contributed by atoms with E-state index >= 15 is 0 Å². The number of nitrogens with zero attached hydrogens (tertiary/aromatic N) is 2. The van der Waals surface area contributed by atoms with Crippen LogP contribution in [0.1, 0.15) is 17.0 Å². The van der Waals surface area contributed by atoms with E-state index in [4.69, 9.17) is 10.00 Å². The van der Waals surface area contributed by atoms with Crippen LogP contribution >= 0.6 is 0 Å². The highest BCUT2D eigenvalue weighted by atomic mass is 16.5. The Bertz CT molecular complexity index is 364. The number of methoxy groups -OCH3 is 1. The fourth-order valence-electron chi connectivity index (χ4n) is 0.952. The molecule has 13 heavy (non-hydrogen) atoms. The quantitative estimate of drug-likeness (QED) is 0.643. The predicted molar refractivity (Wildman–Crippen MR) is 49.7 cm³/mol. The maximum atomic E-state index is 8.57. The topological polar surface area (TPSA) is 45.9 Å². The van der Waals surface area contributed by atoms with E-state index in [0.717, 1.165) is 11.3 Å². The molecule has 0 atom stereocenters. The maximum absolute atomic E-state index is 8.57. The number of hydrogen-bond acceptors (Lipinski definition) is 3. The van der Waals surface area contributed by atoms with E-state index in [1.54, 1.807) is 19.4 Å². The Kier molecular flexibility index (Phi) is 3.04. The van der Waals surface area contributed by atoms with E-state index in [9.17, 15) is 0 Å². The molecular formula is C10H10N2O. The molecule has 0 amide bonds. The Morgan fingerprint density at radius 1 is 1.54 bits per heavy atom. The van der Waals surface area contributed by atoms with Crippen LogP contribution in [0.15, 0.2) is 18.4 Å². The number of rotatable bonds is 2. The largest absolute Gasteiger partial charge is 0.504 e. The lowest BCUT2D eigenvalue weighted by atomic mass is 10.2. The molecule has 0 bridgehead atoms. The van der Waals surface area contributed by atoms with Crippen molar-refractivity contribution in [1.29, 1.82) is 5.26 Å². The lowest BCUT2D eigenvalue weighted by molar-refractivity contribution is 0.341. The van der Waals surface area contributed by atoms with E-state index in [-0.39, 0.29) is 0 Å². The number of ether oxygens (including phenoxy) is 1. The summed E-state index contributed by atoms with van der Waals surface area (Å²) in [7, 11) is 1.59. The lowest BCUT2D eigenvalue weighted by Gasteiger charge is -1.98. The van der Waals surface area contributed by atoms with Crippen molar-refractivity contribution in [2.75, 3.05) is 7.11 Å². The molecule has 0 fully saturated rings. The van der Waals surface area contributed by atoms with Gasteiger partial charge in [-0.3, -0.25) is 0 Å². The molecule has 0 aliphatic carbocycles. The first-order valence-electron chi connectivity index (χ1n) is 3.85. The van der Waals surface area contributed by atoms with Crippen LogP contribution in [0.3, 0.4) is 0 Å². The predicted octanol–water partition coefficient (Wildman–Crippen LogP) is 1.88. The summed E-state index contributed by atoms with van der Waals surface area (Å²) >= 11 is 0. The highest BCUT2D eigenvalue weighted by Crippen LogP contribution is 2.08. The van der Waals surface area contributed by atoms with Crippen LogP contribution in [0.5, 0.6) is 0 Å². The van der Waals surface area contributed by atoms with Gasteiger partial charge in [-0.1, -0.05) is 6.07 Å². The third-order valence-electron chi connectivity index (χ3n) is 1.62. The Morgan fingerprint density at radius 3 is 2.85 bits per heavy atom. The Labute approximate surface area is 77.3 Å². The molecule has 0 N–H and O–H groups in total. The summed E-state index contributed by atoms with van der Waals surface area (Å²) in [4.78, 5) is 4.08. The van der Waals surface area contributed by atoms with Crippen molar-refractivity contribution in [2.45, 2.75) is 6.92 Å². The summed E-state index contributed by atoms with van der Waals surface area (Å²) in [5, 5.41) is 8.57. The lowest BCUT2D eigenvalue weighted by Crippen LogP contribution is -1.89. The minimum Gasteiger partial charge on any atom is -0.504 e. The number of aryl methyl sites for hydroxylation is 1. The molecule has 0 aliphatic heterocycles. The Balaban J connectivity index is 3.00. The van der Waals surface area contributed by atoms with Crippen LogP contribution < -0.4 is 0 Å². The highest BCUT2D eigenvalue weighted by molar-refractivity contribution is 5.51. The average molecular weight is 174 g/mol. The van der Waals surface area contributed by atoms with Gasteiger partial charge in [-0.2, -0.15) is 5.26 Å². The number of pyridine rings is 1. The molecule has 0 saturated heterocycles. The van der Waals surface area contributed by atoms with Crippen molar-refractivity contribution >= 4 is 6.08 Å². The van der Waals surface area contributed by atoms with Gasteiger partial charge in [0.25, 0.3) is 0 Å². The van der Waals surface area contributed by atoms with Crippen LogP contribution in [0, 0.1) is 18.3 Å². The van der Waals surface area contributed by atoms with E-state index in [2.05, 4.69) is 4.98 Å². The van der Waals surface area contributed by atoms with Gasteiger partial charge in [-0.25, -0.2) is 4.98 Å². The van der Waals surface area contributed by atoms with Crippen LogP contribution in [0.25, 0.3) is 6.08 Å². The van der Waals surface area contributed by atoms with Gasteiger partial charge in [0, 0.05) is 5.69 Å². The molecule has 1 rings (SSSR count). The molecule has 1 aromatic rings. The Hall–Kier alpha value is -1.82. The van der Waals surface area contributed by atoms with E-state index in [0.29, 0.717) is 5.69 Å². The van der Waals surface area contributed by atoms with Crippen molar-refractivity contribution in [2.24, 2.45) is 0 Å². The molecule has 3 nitrogen and oxygen atoms in total. The standard InChI is InChI=1S/C10H10N2O/c1-8-9(5-6-13-2)3-4-10(7-11)12-8/h3-6H,1-2H3. The van der Waals surface area contributed by atoms with Crippen molar-refractivity contribution < 1.29 is 4.74 Å². The van der Waals surface area contributed by atoms with Crippen molar-refractivity contribution in [1.82, 2.24) is 4.98 Å². The molecule has 0 unspecified atom stereocenters. The van der Waals surface area contributed by atoms with Crippen molar-refractivity contribution in [3.63, 3.8) is 0 Å². The molecular weight excluding hydrogens is 164 g/mol. The smallest absolute Gasteiger partial charge is 0.140 e. The van der Waals surface area contributed by atoms with E-state index in [1.807, 2.05) is 25.1 Å². The average Bonchev–Trinajstić information content (AvgIpc) is 2.16. The first kappa shape index (κ1) is 9.27. The zero-order valence-corrected chi connectivity index (χ0v) is 7.61. The summed E-state index contributed by atoms with van der Waals surface area (Å²) in [6, 6.07) is 5.51. The van der Waals surface area contributed by atoms with Gasteiger partial charge < -0.3 is 4.74 Å². The molecule has 0 aromatic carbocycles. The maximum Gasteiger partial charge on any atom is 0.140 e. The molecule has 0 spiro atoms. The van der Waals surface area contributed by atoms with Crippen molar-refractivity contribution in [3.05, 3.63) is 35.3 Å². The van der Waals surface area contributed by atoms with Crippen LogP contribution in [0.2, 0.25) is 0 Å². The first-order chi connectivity index (χ1) is 6.27. The second kappa shape index (κ2) is 4.27. The van der Waals surface area contributed by atoms with Gasteiger partial charge in [0.05, 0.1) is 13.4 Å². The molecule has 1 heterocycles. The normalized spacial score (nSPS) is 9.92. The summed E-state index contributed by atoms with van der Waals surface area (Å²) in [6.45, 7) is 1.86. The summed E-state index contributed by atoms with van der Waals surface area (Å²) < 4.78 is 4.78. The fraction of sp³-hybridized carbons (Fsp3) is 0.200. The fourth-order valence-corrected chi connectivity index (χ4v) is 0.952. The summed E-state index contributed by atoms with van der Waals surface area (Å²) in [5.74, 6) is 0. The molecule has 0 radical (unpaired) electrons. The molecule has 0 saturated carbocycles. The van der Waals surface area contributed by atoms with Gasteiger partial charge in [0.2, 0.25) is 0 Å². The third kappa shape index (κ3) is 2.31. The van der Waals surface area contributed by atoms with Gasteiger partial charge in [0.15, 0.2) is 0 Å². The van der Waals surface area contributed by atoms with Gasteiger partial charge in [-0.05, 0) is 24.6 Å². The van der Waals surface area contributed by atoms with Crippen LogP contribution in [-0.2, 0) is 4.74 Å². The zero-order valence-electron chi connectivity index (χ0n) is 7.61. The molecule has 3 heteroatoms. The SMILES string of the molecule is COC=Cc1ccc(C#N)nc1C. The van der Waals surface area contributed by atoms with Crippen LogP contribution in [-0.4, -0.2) is 12.1 Å². The van der Waals surface area contributed by atoms with E-state index in [1.165, 1.54) is 0 Å². The number of nitriles is 1.